The SMILES string of the molecule is COC(=O)N1c2ccccc2N(C(=O)OC)[C@H]2C/C(=C\C(=O)OCC(C)C)O[C@H]21. The van der Waals surface area contributed by atoms with Crippen molar-refractivity contribution >= 4 is 29.5 Å². The van der Waals surface area contributed by atoms with Crippen molar-refractivity contribution in [3.05, 3.63) is 36.1 Å². The molecule has 29 heavy (non-hydrogen) atoms. The lowest BCUT2D eigenvalue weighted by molar-refractivity contribution is -0.139. The average Bonchev–Trinajstić information content (AvgIpc) is 3.11. The van der Waals surface area contributed by atoms with Crippen LogP contribution in [0.5, 0.6) is 0 Å². The molecule has 1 saturated heterocycles. The van der Waals surface area contributed by atoms with Gasteiger partial charge in [-0.2, -0.15) is 0 Å². The number of hydrogen-bond acceptors (Lipinski definition) is 7. The molecule has 0 aromatic heterocycles. The molecule has 0 radical (unpaired) electrons. The number of carbonyl (C=O) groups is 3. The highest BCUT2D eigenvalue weighted by atomic mass is 16.6. The number of methoxy groups -OCH3 is 2. The van der Waals surface area contributed by atoms with E-state index >= 15 is 0 Å². The summed E-state index contributed by atoms with van der Waals surface area (Å²) in [5, 5.41) is 0. The second kappa shape index (κ2) is 8.42. The van der Waals surface area contributed by atoms with Gasteiger partial charge in [-0.05, 0) is 18.1 Å². The van der Waals surface area contributed by atoms with Gasteiger partial charge in [0.25, 0.3) is 0 Å². The summed E-state index contributed by atoms with van der Waals surface area (Å²) in [5.41, 5.74) is 0.924. The first-order valence-electron chi connectivity index (χ1n) is 9.24. The van der Waals surface area contributed by atoms with Crippen molar-refractivity contribution in [3.8, 4) is 0 Å². The highest BCUT2D eigenvalue weighted by Gasteiger charge is 2.51. The molecule has 2 aliphatic rings. The predicted molar refractivity (Wildman–Crippen MR) is 103 cm³/mol. The molecule has 2 aliphatic heterocycles. The number of amides is 2. The van der Waals surface area contributed by atoms with Gasteiger partial charge in [0.1, 0.15) is 11.8 Å². The first-order valence-corrected chi connectivity index (χ1v) is 9.24. The molecule has 0 saturated carbocycles. The molecule has 1 aromatic rings. The smallest absolute Gasteiger partial charge is 0.417 e. The van der Waals surface area contributed by atoms with Crippen LogP contribution in [0, 0.1) is 5.92 Å². The number of nitrogens with zero attached hydrogens (tertiary/aromatic N) is 2. The molecular weight excluding hydrogens is 380 g/mol. The van der Waals surface area contributed by atoms with E-state index in [4.69, 9.17) is 18.9 Å². The van der Waals surface area contributed by atoms with Gasteiger partial charge < -0.3 is 18.9 Å². The van der Waals surface area contributed by atoms with E-state index in [0.29, 0.717) is 17.1 Å². The number of para-hydroxylation sites is 2. The normalized spacial score (nSPS) is 21.3. The maximum atomic E-state index is 12.5. The van der Waals surface area contributed by atoms with Gasteiger partial charge >= 0.3 is 18.2 Å². The quantitative estimate of drug-likeness (QED) is 0.434. The molecular formula is C20H24N2O7. The van der Waals surface area contributed by atoms with Crippen LogP contribution in [-0.2, 0) is 23.7 Å². The topological polar surface area (TPSA) is 94.6 Å². The number of fused-ring (bicyclic) bond motifs is 2. The second-order valence-electron chi connectivity index (χ2n) is 7.08. The van der Waals surface area contributed by atoms with E-state index in [9.17, 15) is 14.4 Å². The average molecular weight is 404 g/mol. The molecule has 2 amide bonds. The van der Waals surface area contributed by atoms with Gasteiger partial charge in [0, 0.05) is 6.42 Å². The third-order valence-corrected chi connectivity index (χ3v) is 4.58. The van der Waals surface area contributed by atoms with Crippen LogP contribution in [0.25, 0.3) is 0 Å². The van der Waals surface area contributed by atoms with E-state index in [2.05, 4.69) is 0 Å². The zero-order valence-electron chi connectivity index (χ0n) is 16.8. The van der Waals surface area contributed by atoms with Crippen molar-refractivity contribution in [1.82, 2.24) is 0 Å². The summed E-state index contributed by atoms with van der Waals surface area (Å²) < 4.78 is 20.9. The van der Waals surface area contributed by atoms with Crippen LogP contribution < -0.4 is 9.80 Å². The number of esters is 1. The van der Waals surface area contributed by atoms with Gasteiger partial charge in [-0.1, -0.05) is 26.0 Å². The van der Waals surface area contributed by atoms with Crippen LogP contribution >= 0.6 is 0 Å². The Bertz CT molecular complexity index is 783. The van der Waals surface area contributed by atoms with Crippen LogP contribution in [-0.4, -0.2) is 51.3 Å². The minimum Gasteiger partial charge on any atom is -0.472 e. The predicted octanol–water partition coefficient (Wildman–Crippen LogP) is 3.04. The Morgan fingerprint density at radius 2 is 1.69 bits per heavy atom. The van der Waals surface area contributed by atoms with Gasteiger partial charge in [0.15, 0.2) is 0 Å². The summed E-state index contributed by atoms with van der Waals surface area (Å²) >= 11 is 0. The standard InChI is InChI=1S/C20H24N2O7/c1-12(2)11-28-17(23)10-13-9-16-18(29-13)22(20(25)27-4)15-8-6-5-7-14(15)21(16)19(24)26-3/h5-8,10,12,16,18H,9,11H2,1-4H3/b13-10+/t16-,18+/m0/s1. The Morgan fingerprint density at radius 1 is 1.10 bits per heavy atom. The number of anilines is 2. The molecule has 2 atom stereocenters. The fourth-order valence-electron chi connectivity index (χ4n) is 3.37. The van der Waals surface area contributed by atoms with E-state index < -0.39 is 30.4 Å². The number of ether oxygens (including phenoxy) is 4. The zero-order chi connectivity index (χ0) is 21.1. The highest BCUT2D eigenvalue weighted by molar-refractivity contribution is 6.01. The number of rotatable bonds is 3. The van der Waals surface area contributed by atoms with E-state index in [-0.39, 0.29) is 18.9 Å². The van der Waals surface area contributed by atoms with Crippen molar-refractivity contribution in [2.24, 2.45) is 5.92 Å². The Hall–Kier alpha value is -3.23. The maximum absolute atomic E-state index is 12.5. The van der Waals surface area contributed by atoms with Crippen molar-refractivity contribution in [2.75, 3.05) is 30.6 Å². The van der Waals surface area contributed by atoms with Gasteiger partial charge in [-0.25, -0.2) is 19.3 Å². The van der Waals surface area contributed by atoms with Gasteiger partial charge in [-0.3, -0.25) is 4.90 Å². The van der Waals surface area contributed by atoms with Gasteiger partial charge in [0.05, 0.1) is 38.3 Å². The second-order valence-corrected chi connectivity index (χ2v) is 7.08. The minimum absolute atomic E-state index is 0.198. The van der Waals surface area contributed by atoms with Crippen LogP contribution in [0.4, 0.5) is 21.0 Å². The molecule has 2 heterocycles. The molecule has 0 unspecified atom stereocenters. The molecule has 3 rings (SSSR count). The van der Waals surface area contributed by atoms with Crippen LogP contribution in [0.3, 0.4) is 0 Å². The molecule has 156 valence electrons. The molecule has 0 aliphatic carbocycles. The monoisotopic (exact) mass is 404 g/mol. The van der Waals surface area contributed by atoms with Crippen LogP contribution in [0.1, 0.15) is 20.3 Å². The Kier molecular flexibility index (Phi) is 5.95. The van der Waals surface area contributed by atoms with Crippen LogP contribution in [0.15, 0.2) is 36.1 Å². The number of hydrogen-bond donors (Lipinski definition) is 0. The fourth-order valence-corrected chi connectivity index (χ4v) is 3.37. The molecule has 9 heteroatoms. The van der Waals surface area contributed by atoms with Crippen molar-refractivity contribution in [2.45, 2.75) is 32.5 Å². The first-order chi connectivity index (χ1) is 13.9. The third-order valence-electron chi connectivity index (χ3n) is 4.58. The largest absolute Gasteiger partial charge is 0.472 e. The van der Waals surface area contributed by atoms with Crippen LogP contribution in [0.2, 0.25) is 0 Å². The van der Waals surface area contributed by atoms with Crippen molar-refractivity contribution in [3.63, 3.8) is 0 Å². The Labute approximate surface area is 168 Å². The third kappa shape index (κ3) is 3.98. The van der Waals surface area contributed by atoms with Gasteiger partial charge in [0.2, 0.25) is 6.23 Å². The molecule has 1 aromatic carbocycles. The van der Waals surface area contributed by atoms with E-state index in [1.54, 1.807) is 24.3 Å². The summed E-state index contributed by atoms with van der Waals surface area (Å²) in [6.07, 6.45) is -0.653. The highest BCUT2D eigenvalue weighted by Crippen LogP contribution is 2.44. The van der Waals surface area contributed by atoms with E-state index in [1.807, 2.05) is 13.8 Å². The molecule has 9 nitrogen and oxygen atoms in total. The number of benzene rings is 1. The first kappa shape index (κ1) is 20.5. The lowest BCUT2D eigenvalue weighted by Gasteiger charge is -2.42. The lowest BCUT2D eigenvalue weighted by Crippen LogP contribution is -2.58. The Morgan fingerprint density at radius 3 is 2.28 bits per heavy atom. The summed E-state index contributed by atoms with van der Waals surface area (Å²) in [7, 11) is 2.55. The molecule has 0 bridgehead atoms. The fraction of sp³-hybridized carbons (Fsp3) is 0.450. The summed E-state index contributed by atoms with van der Waals surface area (Å²) in [6, 6.07) is 6.28. The summed E-state index contributed by atoms with van der Waals surface area (Å²) in [6.45, 7) is 4.14. The van der Waals surface area contributed by atoms with Crippen molar-refractivity contribution in [1.29, 1.82) is 0 Å². The number of carbonyl (C=O) groups excluding carboxylic acids is 3. The van der Waals surface area contributed by atoms with E-state index in [1.165, 1.54) is 30.1 Å². The van der Waals surface area contributed by atoms with E-state index in [0.717, 1.165) is 0 Å². The van der Waals surface area contributed by atoms with Crippen molar-refractivity contribution < 1.29 is 33.3 Å². The molecule has 0 spiro atoms. The lowest BCUT2D eigenvalue weighted by atomic mass is 10.0. The zero-order valence-corrected chi connectivity index (χ0v) is 16.8. The molecule has 0 N–H and O–H groups in total. The maximum Gasteiger partial charge on any atom is 0.417 e. The Balaban J connectivity index is 1.97. The molecule has 1 fully saturated rings. The minimum atomic E-state index is -0.874. The summed E-state index contributed by atoms with van der Waals surface area (Å²) in [4.78, 5) is 39.9. The summed E-state index contributed by atoms with van der Waals surface area (Å²) in [5.74, 6) is -0.0352. The van der Waals surface area contributed by atoms with Gasteiger partial charge in [-0.15, -0.1) is 0 Å².